The third-order valence-electron chi connectivity index (χ3n) is 4.12. The minimum Gasteiger partial charge on any atom is -0.367 e. The molecule has 0 saturated carbocycles. The normalized spacial score (nSPS) is 22.3. The first-order valence-corrected chi connectivity index (χ1v) is 9.24. The number of hydrogen-bond donors (Lipinski definition) is 1. The molecule has 6 nitrogen and oxygen atoms in total. The number of thiophene rings is 1. The number of rotatable bonds is 5. The van der Waals surface area contributed by atoms with Crippen LogP contribution in [0, 0.1) is 5.92 Å². The van der Waals surface area contributed by atoms with Crippen molar-refractivity contribution >= 4 is 17.4 Å². The van der Waals surface area contributed by atoms with Crippen molar-refractivity contribution in [2.75, 3.05) is 19.6 Å². The molecule has 3 heterocycles. The van der Waals surface area contributed by atoms with Crippen molar-refractivity contribution < 1.29 is 9.53 Å². The van der Waals surface area contributed by atoms with E-state index in [-0.39, 0.29) is 18.2 Å². The van der Waals surface area contributed by atoms with Gasteiger partial charge in [0.1, 0.15) is 6.10 Å². The summed E-state index contributed by atoms with van der Waals surface area (Å²) in [5.41, 5.74) is 1.15. The number of nitrogens with one attached hydrogen (secondary N) is 1. The fraction of sp³-hybridized carbons (Fsp3) is 0.529. The van der Waals surface area contributed by atoms with Crippen LogP contribution in [0.25, 0.3) is 0 Å². The van der Waals surface area contributed by atoms with E-state index in [9.17, 15) is 4.79 Å². The van der Waals surface area contributed by atoms with Crippen LogP contribution < -0.4 is 5.32 Å². The molecule has 0 aromatic carbocycles. The molecular weight excluding hydrogens is 324 g/mol. The molecule has 0 radical (unpaired) electrons. The molecule has 2 aromatic rings. The number of carbonyl (C=O) groups excluding carboxylic acids is 1. The molecule has 2 aromatic heterocycles. The Bertz CT molecular complexity index is 629. The Morgan fingerprint density at radius 3 is 3.12 bits per heavy atom. The third-order valence-corrected chi connectivity index (χ3v) is 4.82. The quantitative estimate of drug-likeness (QED) is 0.904. The average Bonchev–Trinajstić information content (AvgIpc) is 3.25. The van der Waals surface area contributed by atoms with Crippen molar-refractivity contribution in [3.8, 4) is 0 Å². The molecule has 0 bridgehead atoms. The van der Waals surface area contributed by atoms with Crippen LogP contribution in [0.2, 0.25) is 0 Å². The first-order valence-electron chi connectivity index (χ1n) is 8.29. The van der Waals surface area contributed by atoms with Crippen LogP contribution in [-0.2, 0) is 11.3 Å². The fourth-order valence-corrected chi connectivity index (χ4v) is 3.63. The third kappa shape index (κ3) is 4.36. The molecule has 1 aliphatic heterocycles. The zero-order valence-corrected chi connectivity index (χ0v) is 14.9. The van der Waals surface area contributed by atoms with Gasteiger partial charge < -0.3 is 15.0 Å². The van der Waals surface area contributed by atoms with Gasteiger partial charge >= 0.3 is 6.03 Å². The summed E-state index contributed by atoms with van der Waals surface area (Å²) in [6, 6.07) is 3.96. The summed E-state index contributed by atoms with van der Waals surface area (Å²) in [5, 5.41) is 11.4. The molecule has 7 heteroatoms. The lowest BCUT2D eigenvalue weighted by Gasteiger charge is -2.36. The Balaban J connectivity index is 1.50. The van der Waals surface area contributed by atoms with Crippen LogP contribution in [0.4, 0.5) is 4.79 Å². The molecule has 0 spiro atoms. The number of amides is 2. The molecular formula is C17H24N4O2S. The number of nitrogens with zero attached hydrogens (tertiary/aromatic N) is 3. The highest BCUT2D eigenvalue weighted by molar-refractivity contribution is 7.07. The van der Waals surface area contributed by atoms with Gasteiger partial charge in [0.05, 0.1) is 12.6 Å². The van der Waals surface area contributed by atoms with Gasteiger partial charge in [-0.2, -0.15) is 16.4 Å². The van der Waals surface area contributed by atoms with E-state index in [2.05, 4.69) is 28.8 Å². The second kappa shape index (κ2) is 7.81. The fourth-order valence-electron chi connectivity index (χ4n) is 2.93. The van der Waals surface area contributed by atoms with Crippen molar-refractivity contribution in [1.29, 1.82) is 0 Å². The van der Waals surface area contributed by atoms with Crippen LogP contribution in [-0.4, -0.2) is 46.4 Å². The van der Waals surface area contributed by atoms with Gasteiger partial charge in [0.2, 0.25) is 0 Å². The number of hydrogen-bond acceptors (Lipinski definition) is 4. The van der Waals surface area contributed by atoms with Crippen molar-refractivity contribution in [3.05, 3.63) is 40.8 Å². The van der Waals surface area contributed by atoms with Crippen molar-refractivity contribution in [3.63, 3.8) is 0 Å². The molecule has 1 saturated heterocycles. The van der Waals surface area contributed by atoms with E-state index in [0.717, 1.165) is 12.1 Å². The summed E-state index contributed by atoms with van der Waals surface area (Å²) < 4.78 is 7.87. The maximum absolute atomic E-state index is 12.5. The number of carbonyl (C=O) groups is 1. The van der Waals surface area contributed by atoms with Gasteiger partial charge in [0, 0.05) is 32.0 Å². The Kier molecular flexibility index (Phi) is 5.52. The average molecular weight is 348 g/mol. The minimum atomic E-state index is -0.0350. The number of ether oxygens (including phenoxy) is 1. The Hall–Kier alpha value is -1.86. The Morgan fingerprint density at radius 1 is 1.54 bits per heavy atom. The topological polar surface area (TPSA) is 59.4 Å². The molecule has 0 unspecified atom stereocenters. The standard InChI is InChI=1S/C17H24N4O2S/c1-13(9-21-6-3-5-19-21)8-18-17(22)20-10-14(2)23-16(11-20)15-4-7-24-12-15/h3-7,12-14,16H,8-11H2,1-2H3,(H,18,22)/t13-,14+,16+/m1/s1. The first kappa shape index (κ1) is 17.0. The van der Waals surface area contributed by atoms with E-state index in [0.29, 0.717) is 25.6 Å². The lowest BCUT2D eigenvalue weighted by atomic mass is 10.1. The zero-order valence-electron chi connectivity index (χ0n) is 14.1. The van der Waals surface area contributed by atoms with Crippen molar-refractivity contribution in [2.45, 2.75) is 32.6 Å². The molecule has 3 atom stereocenters. The molecule has 1 aliphatic rings. The highest BCUT2D eigenvalue weighted by Gasteiger charge is 2.29. The van der Waals surface area contributed by atoms with Crippen molar-refractivity contribution in [1.82, 2.24) is 20.0 Å². The van der Waals surface area contributed by atoms with Gasteiger partial charge in [-0.15, -0.1) is 0 Å². The van der Waals surface area contributed by atoms with Gasteiger partial charge in [-0.25, -0.2) is 4.79 Å². The highest BCUT2D eigenvalue weighted by Crippen LogP contribution is 2.26. The number of aromatic nitrogens is 2. The minimum absolute atomic E-state index is 0.0160. The SMILES string of the molecule is C[C@H](CNC(=O)N1C[C@@H](c2ccsc2)O[C@@H](C)C1)Cn1cccn1. The molecule has 24 heavy (non-hydrogen) atoms. The monoisotopic (exact) mass is 348 g/mol. The first-order chi connectivity index (χ1) is 11.6. The summed E-state index contributed by atoms with van der Waals surface area (Å²) in [6.07, 6.45) is 3.71. The van der Waals surface area contributed by atoms with Crippen LogP contribution in [0.1, 0.15) is 25.5 Å². The Morgan fingerprint density at radius 2 is 2.42 bits per heavy atom. The van der Waals surface area contributed by atoms with Gasteiger partial charge in [0.25, 0.3) is 0 Å². The van der Waals surface area contributed by atoms with Gasteiger partial charge in [0.15, 0.2) is 0 Å². The van der Waals surface area contributed by atoms with Crippen LogP contribution in [0.15, 0.2) is 35.3 Å². The highest BCUT2D eigenvalue weighted by atomic mass is 32.1. The van der Waals surface area contributed by atoms with Gasteiger partial charge in [-0.3, -0.25) is 4.68 Å². The maximum Gasteiger partial charge on any atom is 0.317 e. The summed E-state index contributed by atoms with van der Waals surface area (Å²) in [6.45, 7) is 6.77. The smallest absolute Gasteiger partial charge is 0.317 e. The van der Waals surface area contributed by atoms with E-state index in [4.69, 9.17) is 4.74 Å². The van der Waals surface area contributed by atoms with Gasteiger partial charge in [-0.05, 0) is 41.3 Å². The zero-order chi connectivity index (χ0) is 16.9. The number of urea groups is 1. The summed E-state index contributed by atoms with van der Waals surface area (Å²) in [4.78, 5) is 14.4. The van der Waals surface area contributed by atoms with E-state index in [1.165, 1.54) is 0 Å². The molecule has 1 fully saturated rings. The van der Waals surface area contributed by atoms with Crippen LogP contribution >= 0.6 is 11.3 Å². The van der Waals surface area contributed by atoms with E-state index in [1.54, 1.807) is 17.5 Å². The lowest BCUT2D eigenvalue weighted by Crippen LogP contribution is -2.50. The maximum atomic E-state index is 12.5. The summed E-state index contributed by atoms with van der Waals surface area (Å²) >= 11 is 1.65. The van der Waals surface area contributed by atoms with Crippen LogP contribution in [0.3, 0.4) is 0 Å². The van der Waals surface area contributed by atoms with Crippen LogP contribution in [0.5, 0.6) is 0 Å². The molecule has 2 amide bonds. The predicted octanol–water partition coefficient (Wildman–Crippen LogP) is 2.75. The molecule has 130 valence electrons. The molecule has 0 aliphatic carbocycles. The summed E-state index contributed by atoms with van der Waals surface area (Å²) in [7, 11) is 0. The molecule has 3 rings (SSSR count). The van der Waals surface area contributed by atoms with Crippen molar-refractivity contribution in [2.24, 2.45) is 5.92 Å². The van der Waals surface area contributed by atoms with E-state index >= 15 is 0 Å². The lowest BCUT2D eigenvalue weighted by molar-refractivity contribution is -0.0655. The second-order valence-corrected chi connectivity index (χ2v) is 7.20. The largest absolute Gasteiger partial charge is 0.367 e. The number of morpholine rings is 1. The predicted molar refractivity (Wildman–Crippen MR) is 94.0 cm³/mol. The van der Waals surface area contributed by atoms with E-state index in [1.807, 2.05) is 34.1 Å². The molecule has 1 N–H and O–H groups in total. The summed E-state index contributed by atoms with van der Waals surface area (Å²) in [5.74, 6) is 0.319. The Labute approximate surface area is 146 Å². The van der Waals surface area contributed by atoms with Gasteiger partial charge in [-0.1, -0.05) is 6.92 Å². The van der Waals surface area contributed by atoms with E-state index < -0.39 is 0 Å². The second-order valence-electron chi connectivity index (χ2n) is 6.42.